The summed E-state index contributed by atoms with van der Waals surface area (Å²) < 4.78 is 4.80. The lowest BCUT2D eigenvalue weighted by Crippen LogP contribution is -2.08. The fourth-order valence-corrected chi connectivity index (χ4v) is 2.82. The molecule has 130 valence electrons. The van der Waals surface area contributed by atoms with Crippen LogP contribution < -0.4 is 5.73 Å². The van der Waals surface area contributed by atoms with Crippen molar-refractivity contribution in [2.45, 2.75) is 38.5 Å². The van der Waals surface area contributed by atoms with Crippen LogP contribution in [-0.2, 0) is 11.2 Å². The van der Waals surface area contributed by atoms with Gasteiger partial charge in [0.15, 0.2) is 0 Å². The van der Waals surface area contributed by atoms with E-state index in [4.69, 9.17) is 10.5 Å². The topological polar surface area (TPSA) is 52.3 Å². The molecule has 2 aromatic rings. The van der Waals surface area contributed by atoms with E-state index in [0.29, 0.717) is 17.2 Å². The average molecular weight is 335 g/mol. The fourth-order valence-electron chi connectivity index (χ4n) is 2.82. The Morgan fingerprint density at radius 2 is 1.92 bits per heavy atom. The number of esters is 1. The van der Waals surface area contributed by atoms with E-state index in [1.165, 1.54) is 12.7 Å². The summed E-state index contributed by atoms with van der Waals surface area (Å²) in [4.78, 5) is 11.8. The van der Waals surface area contributed by atoms with Gasteiger partial charge in [-0.05, 0) is 42.0 Å². The highest BCUT2D eigenvalue weighted by Gasteiger charge is 2.15. The monoisotopic (exact) mass is 335 g/mol. The van der Waals surface area contributed by atoms with Crippen LogP contribution in [0.25, 0.3) is 0 Å². The first-order valence-electron chi connectivity index (χ1n) is 8.63. The van der Waals surface area contributed by atoms with Crippen molar-refractivity contribution in [3.05, 3.63) is 65.2 Å². The molecule has 0 radical (unpaired) electrons. The van der Waals surface area contributed by atoms with Crippen LogP contribution in [-0.4, -0.2) is 13.1 Å². The molecule has 0 aliphatic carbocycles. The Morgan fingerprint density at radius 1 is 1.16 bits per heavy atom. The van der Waals surface area contributed by atoms with Gasteiger partial charge in [-0.25, -0.2) is 4.79 Å². The van der Waals surface area contributed by atoms with E-state index in [1.807, 2.05) is 30.3 Å². The Morgan fingerprint density at radius 3 is 2.60 bits per heavy atom. The Bertz CT molecular complexity index is 757. The molecular weight excluding hydrogens is 310 g/mol. The normalized spacial score (nSPS) is 11.3. The molecule has 1 unspecified atom stereocenters. The number of nitrogens with two attached hydrogens (primary N) is 1. The number of carbonyl (C=O) groups is 1. The first-order chi connectivity index (χ1) is 12.2. The van der Waals surface area contributed by atoms with Crippen molar-refractivity contribution in [3.8, 4) is 11.8 Å². The third-order valence-electron chi connectivity index (χ3n) is 4.32. The van der Waals surface area contributed by atoms with E-state index < -0.39 is 5.97 Å². The Hall–Kier alpha value is -2.73. The second-order valence-electron chi connectivity index (χ2n) is 6.00. The lowest BCUT2D eigenvalue weighted by Gasteiger charge is -2.15. The van der Waals surface area contributed by atoms with Crippen molar-refractivity contribution in [2.75, 3.05) is 12.8 Å². The molecule has 0 heterocycles. The minimum Gasteiger partial charge on any atom is -0.465 e. The molecule has 0 amide bonds. The van der Waals surface area contributed by atoms with Crippen LogP contribution in [0.15, 0.2) is 48.5 Å². The zero-order valence-electron chi connectivity index (χ0n) is 14.9. The van der Waals surface area contributed by atoms with E-state index >= 15 is 0 Å². The number of nitrogen functional groups attached to an aromatic ring is 1. The number of anilines is 1. The maximum atomic E-state index is 11.8. The summed E-state index contributed by atoms with van der Waals surface area (Å²) in [7, 11) is 1.37. The molecular formula is C22H25NO2. The van der Waals surface area contributed by atoms with Crippen LogP contribution in [0.5, 0.6) is 0 Å². The van der Waals surface area contributed by atoms with Crippen molar-refractivity contribution in [1.29, 1.82) is 0 Å². The number of ether oxygens (including phenoxy) is 1. The van der Waals surface area contributed by atoms with Gasteiger partial charge >= 0.3 is 5.97 Å². The lowest BCUT2D eigenvalue weighted by atomic mass is 9.90. The molecule has 0 aromatic heterocycles. The van der Waals surface area contributed by atoms with E-state index in [2.05, 4.69) is 30.9 Å². The molecule has 3 nitrogen and oxygen atoms in total. The molecule has 3 heteroatoms. The van der Waals surface area contributed by atoms with Gasteiger partial charge in [-0.3, -0.25) is 0 Å². The Balaban J connectivity index is 1.97. The van der Waals surface area contributed by atoms with Crippen molar-refractivity contribution >= 4 is 11.7 Å². The third-order valence-corrected chi connectivity index (χ3v) is 4.32. The van der Waals surface area contributed by atoms with E-state index in [0.717, 1.165) is 31.2 Å². The van der Waals surface area contributed by atoms with E-state index in [1.54, 1.807) is 6.07 Å². The molecule has 0 spiro atoms. The van der Waals surface area contributed by atoms with Crippen LogP contribution in [0, 0.1) is 11.8 Å². The number of carbonyl (C=O) groups excluding carboxylic acids is 1. The second kappa shape index (κ2) is 9.54. The first kappa shape index (κ1) is 18.6. The van der Waals surface area contributed by atoms with Crippen molar-refractivity contribution < 1.29 is 9.53 Å². The van der Waals surface area contributed by atoms with Gasteiger partial charge in [0.05, 0.1) is 12.7 Å². The largest absolute Gasteiger partial charge is 0.465 e. The van der Waals surface area contributed by atoms with Gasteiger partial charge in [0, 0.05) is 18.5 Å². The minimum atomic E-state index is -0.392. The molecule has 25 heavy (non-hydrogen) atoms. The van der Waals surface area contributed by atoms with Gasteiger partial charge < -0.3 is 10.5 Å². The third kappa shape index (κ3) is 5.39. The standard InChI is InChI=1S/C22H25NO2/c1-3-18(13-9-5-8-12-17-10-6-4-7-11-17)19-14-15-21(23)20(16-19)22(24)25-2/h4,6-7,10-11,14-16,18H,3,9,12-13,23H2,1-2H3. The van der Waals surface area contributed by atoms with E-state index in [9.17, 15) is 4.79 Å². The zero-order valence-corrected chi connectivity index (χ0v) is 14.9. The summed E-state index contributed by atoms with van der Waals surface area (Å²) in [6.07, 6.45) is 3.57. The predicted molar refractivity (Wildman–Crippen MR) is 102 cm³/mol. The average Bonchev–Trinajstić information content (AvgIpc) is 2.65. The Labute approximate surface area is 150 Å². The summed E-state index contributed by atoms with van der Waals surface area (Å²) in [6.45, 7) is 2.15. The highest BCUT2D eigenvalue weighted by Crippen LogP contribution is 2.27. The smallest absolute Gasteiger partial charge is 0.339 e. The molecule has 1 atom stereocenters. The van der Waals surface area contributed by atoms with Gasteiger partial charge in [-0.1, -0.05) is 49.2 Å². The highest BCUT2D eigenvalue weighted by molar-refractivity contribution is 5.95. The molecule has 2 N–H and O–H groups in total. The number of methoxy groups -OCH3 is 1. The highest BCUT2D eigenvalue weighted by atomic mass is 16.5. The van der Waals surface area contributed by atoms with Crippen LogP contribution in [0.1, 0.15) is 53.6 Å². The zero-order chi connectivity index (χ0) is 18.1. The number of benzene rings is 2. The Kier molecular flexibility index (Phi) is 7.10. The quantitative estimate of drug-likeness (QED) is 0.478. The summed E-state index contributed by atoms with van der Waals surface area (Å²) in [5, 5.41) is 0. The maximum Gasteiger partial charge on any atom is 0.339 e. The molecule has 0 aliphatic rings. The summed E-state index contributed by atoms with van der Waals surface area (Å²) in [5.74, 6) is 6.46. The fraction of sp³-hybridized carbons (Fsp3) is 0.318. The SMILES string of the molecule is CCC(CCC#CCc1ccccc1)c1ccc(N)c(C(=O)OC)c1. The first-order valence-corrected chi connectivity index (χ1v) is 8.63. The van der Waals surface area contributed by atoms with Crippen LogP contribution >= 0.6 is 0 Å². The number of hydrogen-bond acceptors (Lipinski definition) is 3. The van der Waals surface area contributed by atoms with Crippen LogP contribution in [0.2, 0.25) is 0 Å². The molecule has 0 fully saturated rings. The minimum absolute atomic E-state index is 0.357. The van der Waals surface area contributed by atoms with E-state index in [-0.39, 0.29) is 0 Å². The molecule has 2 rings (SSSR count). The molecule has 2 aromatic carbocycles. The van der Waals surface area contributed by atoms with Gasteiger partial charge in [-0.2, -0.15) is 0 Å². The summed E-state index contributed by atoms with van der Waals surface area (Å²) in [6, 6.07) is 15.9. The van der Waals surface area contributed by atoms with Gasteiger partial charge in [-0.15, -0.1) is 5.92 Å². The van der Waals surface area contributed by atoms with Crippen molar-refractivity contribution in [2.24, 2.45) is 0 Å². The molecule has 0 saturated heterocycles. The van der Waals surface area contributed by atoms with Crippen molar-refractivity contribution in [3.63, 3.8) is 0 Å². The number of hydrogen-bond donors (Lipinski definition) is 1. The van der Waals surface area contributed by atoms with Crippen molar-refractivity contribution in [1.82, 2.24) is 0 Å². The molecule has 0 bridgehead atoms. The molecule has 0 aliphatic heterocycles. The summed E-state index contributed by atoms with van der Waals surface area (Å²) >= 11 is 0. The number of rotatable bonds is 6. The maximum absolute atomic E-state index is 11.8. The lowest BCUT2D eigenvalue weighted by molar-refractivity contribution is 0.0602. The van der Waals surface area contributed by atoms with Crippen LogP contribution in [0.3, 0.4) is 0 Å². The summed E-state index contributed by atoms with van der Waals surface area (Å²) in [5.41, 5.74) is 9.12. The predicted octanol–water partition coefficient (Wildman–Crippen LogP) is 4.58. The van der Waals surface area contributed by atoms with Gasteiger partial charge in [0.2, 0.25) is 0 Å². The van der Waals surface area contributed by atoms with Crippen LogP contribution in [0.4, 0.5) is 5.69 Å². The second-order valence-corrected chi connectivity index (χ2v) is 6.00. The molecule has 0 saturated carbocycles. The van der Waals surface area contributed by atoms with Gasteiger partial charge in [0.1, 0.15) is 0 Å². The van der Waals surface area contributed by atoms with Gasteiger partial charge in [0.25, 0.3) is 0 Å².